The topological polar surface area (TPSA) is 121 Å². The molecule has 0 bridgehead atoms. The van der Waals surface area contributed by atoms with E-state index in [2.05, 4.69) is 0 Å². The summed E-state index contributed by atoms with van der Waals surface area (Å²) in [4.78, 5) is 32.2. The van der Waals surface area contributed by atoms with Crippen molar-refractivity contribution in [1.82, 2.24) is 0 Å². The van der Waals surface area contributed by atoms with E-state index in [1.54, 1.807) is 6.92 Å². The smallest absolute Gasteiger partial charge is 0.307 e. The zero-order valence-electron chi connectivity index (χ0n) is 12.3. The van der Waals surface area contributed by atoms with E-state index in [0.29, 0.717) is 13.0 Å². The van der Waals surface area contributed by atoms with Crippen LogP contribution in [0, 0.1) is 5.92 Å². The maximum Gasteiger partial charge on any atom is 0.307 e. The number of carbonyl (C=O) groups is 2. The standard InChI is InChI=1S/C13H23O7P/c1-8(10(13(16)17)5-6-12(14)15)21(18,19)9(2)11-4-3-7-20-11/h8-11H,3-7H2,1-2H3,(H,14,15)(H,16,17)(H,18,19). The van der Waals surface area contributed by atoms with Gasteiger partial charge in [0.2, 0.25) is 7.37 Å². The van der Waals surface area contributed by atoms with Gasteiger partial charge in [0, 0.05) is 18.7 Å². The van der Waals surface area contributed by atoms with Crippen molar-refractivity contribution in [3.05, 3.63) is 0 Å². The average molecular weight is 322 g/mol. The Hall–Kier alpha value is -0.910. The van der Waals surface area contributed by atoms with Crippen molar-refractivity contribution >= 4 is 19.3 Å². The fourth-order valence-corrected chi connectivity index (χ4v) is 4.95. The average Bonchev–Trinajstić information content (AvgIpc) is 2.90. The second-order valence-electron chi connectivity index (χ2n) is 5.58. The molecule has 3 N–H and O–H groups in total. The van der Waals surface area contributed by atoms with Crippen LogP contribution < -0.4 is 0 Å². The van der Waals surface area contributed by atoms with E-state index in [-0.39, 0.29) is 18.9 Å². The molecule has 122 valence electrons. The van der Waals surface area contributed by atoms with Crippen LogP contribution in [0.3, 0.4) is 0 Å². The first-order valence-electron chi connectivity index (χ1n) is 7.06. The third kappa shape index (κ3) is 4.53. The van der Waals surface area contributed by atoms with Gasteiger partial charge < -0.3 is 19.8 Å². The number of hydrogen-bond acceptors (Lipinski definition) is 4. The van der Waals surface area contributed by atoms with E-state index in [1.165, 1.54) is 6.92 Å². The Morgan fingerprint density at radius 3 is 2.38 bits per heavy atom. The van der Waals surface area contributed by atoms with Gasteiger partial charge in [-0.3, -0.25) is 14.2 Å². The largest absolute Gasteiger partial charge is 0.481 e. The molecule has 7 nitrogen and oxygen atoms in total. The molecule has 1 aliphatic heterocycles. The molecule has 0 aromatic heterocycles. The van der Waals surface area contributed by atoms with E-state index in [9.17, 15) is 24.2 Å². The molecule has 0 saturated carbocycles. The molecule has 0 aliphatic carbocycles. The molecule has 5 unspecified atom stereocenters. The van der Waals surface area contributed by atoms with Crippen LogP contribution in [-0.2, 0) is 18.9 Å². The third-order valence-electron chi connectivity index (χ3n) is 4.24. The van der Waals surface area contributed by atoms with Gasteiger partial charge in [0.05, 0.1) is 17.7 Å². The van der Waals surface area contributed by atoms with Crippen molar-refractivity contribution in [3.63, 3.8) is 0 Å². The Balaban J connectivity index is 2.83. The van der Waals surface area contributed by atoms with Crippen LogP contribution in [-0.4, -0.2) is 51.1 Å². The first-order chi connectivity index (χ1) is 9.67. The fraction of sp³-hybridized carbons (Fsp3) is 0.846. The third-order valence-corrected chi connectivity index (χ3v) is 7.27. The van der Waals surface area contributed by atoms with Crippen LogP contribution in [0.1, 0.15) is 39.5 Å². The van der Waals surface area contributed by atoms with E-state index in [1.807, 2.05) is 0 Å². The maximum atomic E-state index is 12.7. The van der Waals surface area contributed by atoms with Crippen molar-refractivity contribution in [3.8, 4) is 0 Å². The Labute approximate surface area is 123 Å². The Bertz CT molecular complexity index is 430. The quantitative estimate of drug-likeness (QED) is 0.582. The second-order valence-corrected chi connectivity index (χ2v) is 8.56. The summed E-state index contributed by atoms with van der Waals surface area (Å²) in [6.45, 7) is 3.56. The molecular weight excluding hydrogens is 299 g/mol. The summed E-state index contributed by atoms with van der Waals surface area (Å²) in [6.07, 6.45) is 0.678. The van der Waals surface area contributed by atoms with Gasteiger partial charge in [-0.25, -0.2) is 0 Å². The predicted octanol–water partition coefficient (Wildman–Crippen LogP) is 1.78. The molecule has 8 heteroatoms. The van der Waals surface area contributed by atoms with Gasteiger partial charge >= 0.3 is 11.9 Å². The van der Waals surface area contributed by atoms with Gasteiger partial charge in [-0.2, -0.15) is 0 Å². The van der Waals surface area contributed by atoms with E-state index in [4.69, 9.17) is 9.84 Å². The second kappa shape index (κ2) is 7.38. The molecule has 5 atom stereocenters. The minimum Gasteiger partial charge on any atom is -0.481 e. The molecule has 1 aliphatic rings. The van der Waals surface area contributed by atoms with Crippen molar-refractivity contribution in [2.75, 3.05) is 6.61 Å². The van der Waals surface area contributed by atoms with Crippen LogP contribution in [0.4, 0.5) is 0 Å². The summed E-state index contributed by atoms with van der Waals surface area (Å²) in [5.41, 5.74) is -1.66. The molecule has 0 radical (unpaired) electrons. The molecule has 0 aromatic rings. The molecule has 1 saturated heterocycles. The highest BCUT2D eigenvalue weighted by Crippen LogP contribution is 2.56. The van der Waals surface area contributed by atoms with Gasteiger partial charge in [-0.1, -0.05) is 13.8 Å². The van der Waals surface area contributed by atoms with Crippen molar-refractivity contribution in [2.45, 2.75) is 57.0 Å². The number of rotatable bonds is 8. The van der Waals surface area contributed by atoms with E-state index < -0.39 is 36.5 Å². The number of ether oxygens (including phenoxy) is 1. The lowest BCUT2D eigenvalue weighted by Gasteiger charge is -2.31. The zero-order chi connectivity index (χ0) is 16.2. The summed E-state index contributed by atoms with van der Waals surface area (Å²) in [7, 11) is -3.79. The Morgan fingerprint density at radius 1 is 1.33 bits per heavy atom. The zero-order valence-corrected chi connectivity index (χ0v) is 13.2. The monoisotopic (exact) mass is 322 g/mol. The lowest BCUT2D eigenvalue weighted by Crippen LogP contribution is -2.33. The number of hydrogen-bond donors (Lipinski definition) is 3. The molecule has 1 rings (SSSR count). The molecule has 0 aromatic carbocycles. The highest BCUT2D eigenvalue weighted by molar-refractivity contribution is 7.59. The van der Waals surface area contributed by atoms with Gasteiger partial charge in [0.15, 0.2) is 0 Å². The first-order valence-corrected chi connectivity index (χ1v) is 8.86. The molecule has 0 spiro atoms. The predicted molar refractivity (Wildman–Crippen MR) is 75.7 cm³/mol. The number of carboxylic acids is 2. The van der Waals surface area contributed by atoms with E-state index in [0.717, 1.165) is 6.42 Å². The molecular formula is C13H23O7P. The number of carboxylic acid groups (broad SMARTS) is 2. The van der Waals surface area contributed by atoms with Crippen molar-refractivity contribution in [2.24, 2.45) is 5.92 Å². The van der Waals surface area contributed by atoms with Crippen LogP contribution in [0.2, 0.25) is 0 Å². The lowest BCUT2D eigenvalue weighted by molar-refractivity contribution is -0.143. The van der Waals surface area contributed by atoms with Crippen molar-refractivity contribution < 1.29 is 34.0 Å². The van der Waals surface area contributed by atoms with Crippen LogP contribution in [0.15, 0.2) is 0 Å². The molecule has 0 amide bonds. The minimum atomic E-state index is -3.79. The van der Waals surface area contributed by atoms with Crippen molar-refractivity contribution in [1.29, 1.82) is 0 Å². The normalized spacial score (nSPS) is 25.8. The molecule has 1 fully saturated rings. The summed E-state index contributed by atoms with van der Waals surface area (Å²) in [5.74, 6) is -3.51. The van der Waals surface area contributed by atoms with Gasteiger partial charge in [-0.05, 0) is 19.3 Å². The highest BCUT2D eigenvalue weighted by Gasteiger charge is 2.45. The molecule has 1 heterocycles. The van der Waals surface area contributed by atoms with Crippen LogP contribution in [0.25, 0.3) is 0 Å². The summed E-state index contributed by atoms with van der Waals surface area (Å²) in [6, 6.07) is 0. The minimum absolute atomic E-state index is 0.158. The fourth-order valence-electron chi connectivity index (χ4n) is 2.70. The maximum absolute atomic E-state index is 12.7. The summed E-state index contributed by atoms with van der Waals surface area (Å²) in [5, 5.41) is 17.9. The number of aliphatic carboxylic acids is 2. The summed E-state index contributed by atoms with van der Waals surface area (Å²) >= 11 is 0. The Kier molecular flexibility index (Phi) is 6.38. The van der Waals surface area contributed by atoms with Gasteiger partial charge in [0.1, 0.15) is 0 Å². The van der Waals surface area contributed by atoms with Gasteiger partial charge in [0.25, 0.3) is 0 Å². The van der Waals surface area contributed by atoms with Gasteiger partial charge in [-0.15, -0.1) is 0 Å². The van der Waals surface area contributed by atoms with E-state index >= 15 is 0 Å². The molecule has 21 heavy (non-hydrogen) atoms. The SMILES string of the molecule is CC(C1CCCO1)P(=O)(O)C(C)C(CCC(=O)O)C(=O)O. The van der Waals surface area contributed by atoms with Crippen LogP contribution >= 0.6 is 7.37 Å². The highest BCUT2D eigenvalue weighted by atomic mass is 31.2. The lowest BCUT2D eigenvalue weighted by atomic mass is 10.0. The summed E-state index contributed by atoms with van der Waals surface area (Å²) < 4.78 is 18.1. The first kappa shape index (κ1) is 18.1. The Morgan fingerprint density at radius 2 is 1.95 bits per heavy atom. The van der Waals surface area contributed by atoms with Crippen LogP contribution in [0.5, 0.6) is 0 Å².